The summed E-state index contributed by atoms with van der Waals surface area (Å²) in [6.45, 7) is 0. The third-order valence-electron chi connectivity index (χ3n) is 10.7. The maximum Gasteiger partial charge on any atom is 0.137 e. The van der Waals surface area contributed by atoms with Crippen LogP contribution in [0.4, 0.5) is 17.1 Å². The molecule has 11 aromatic rings. The number of fused-ring (bicyclic) bond motifs is 9. The van der Waals surface area contributed by atoms with E-state index >= 15 is 0 Å². The highest BCUT2D eigenvalue weighted by molar-refractivity contribution is 7.26. The standard InChI is InChI=1S/C50H31NOS/c1-2-11-39-33(9-1)10-7-14-40(39)34-23-28-38(29-24-34)51(44-15-8-17-46-50(44)41-12-3-5-16-45(41)52-46)37-26-21-32(22-27-37)36-20-19-35-25-30-48-49(43(35)31-36)42-13-4-6-18-47(42)53-48/h1-31H. The number of hydrogen-bond donors (Lipinski definition) is 0. The summed E-state index contributed by atoms with van der Waals surface area (Å²) in [5.74, 6) is 0. The molecule has 0 saturated heterocycles. The van der Waals surface area contributed by atoms with Crippen LogP contribution in [0.15, 0.2) is 192 Å². The lowest BCUT2D eigenvalue weighted by Gasteiger charge is -2.26. The Labute approximate surface area is 310 Å². The average Bonchev–Trinajstić information content (AvgIpc) is 3.80. The smallest absolute Gasteiger partial charge is 0.137 e. The summed E-state index contributed by atoms with van der Waals surface area (Å²) in [4.78, 5) is 2.36. The van der Waals surface area contributed by atoms with E-state index in [1.165, 1.54) is 64.0 Å². The van der Waals surface area contributed by atoms with Gasteiger partial charge in [0.05, 0.1) is 11.1 Å². The van der Waals surface area contributed by atoms with Crippen molar-refractivity contribution in [2.45, 2.75) is 0 Å². The van der Waals surface area contributed by atoms with Gasteiger partial charge in [0.25, 0.3) is 0 Å². The van der Waals surface area contributed by atoms with Gasteiger partial charge in [0.15, 0.2) is 0 Å². The van der Waals surface area contributed by atoms with Gasteiger partial charge in [-0.25, -0.2) is 0 Å². The Morgan fingerprint density at radius 1 is 0.377 bits per heavy atom. The summed E-state index contributed by atoms with van der Waals surface area (Å²) in [5.41, 5.74) is 9.82. The largest absolute Gasteiger partial charge is 0.456 e. The Morgan fingerprint density at radius 3 is 1.85 bits per heavy atom. The fraction of sp³-hybridized carbons (Fsp3) is 0. The molecule has 0 bridgehead atoms. The molecule has 53 heavy (non-hydrogen) atoms. The minimum Gasteiger partial charge on any atom is -0.456 e. The predicted octanol–water partition coefficient (Wildman–Crippen LogP) is 15.1. The van der Waals surface area contributed by atoms with Crippen molar-refractivity contribution >= 4 is 92.1 Å². The molecule has 2 heterocycles. The van der Waals surface area contributed by atoms with E-state index in [2.05, 4.69) is 181 Å². The Morgan fingerprint density at radius 2 is 1.00 bits per heavy atom. The number of benzene rings is 9. The van der Waals surface area contributed by atoms with Gasteiger partial charge in [-0.3, -0.25) is 0 Å². The minimum absolute atomic E-state index is 0.876. The number of furan rings is 1. The molecule has 0 spiro atoms. The van der Waals surface area contributed by atoms with Crippen molar-refractivity contribution < 1.29 is 4.42 Å². The van der Waals surface area contributed by atoms with Crippen molar-refractivity contribution in [3.63, 3.8) is 0 Å². The molecule has 0 unspecified atom stereocenters. The van der Waals surface area contributed by atoms with Crippen molar-refractivity contribution in [1.82, 2.24) is 0 Å². The normalized spacial score (nSPS) is 11.8. The van der Waals surface area contributed by atoms with Gasteiger partial charge in [-0.2, -0.15) is 0 Å². The Balaban J connectivity index is 1.05. The van der Waals surface area contributed by atoms with Gasteiger partial charge < -0.3 is 9.32 Å². The highest BCUT2D eigenvalue weighted by Gasteiger charge is 2.20. The topological polar surface area (TPSA) is 16.4 Å². The van der Waals surface area contributed by atoms with E-state index in [0.29, 0.717) is 0 Å². The molecule has 0 N–H and O–H groups in total. The van der Waals surface area contributed by atoms with E-state index in [0.717, 1.165) is 39.0 Å². The van der Waals surface area contributed by atoms with Crippen LogP contribution in [0.1, 0.15) is 0 Å². The summed E-state index contributed by atoms with van der Waals surface area (Å²) < 4.78 is 9.03. The predicted molar refractivity (Wildman–Crippen MR) is 227 cm³/mol. The molecule has 0 fully saturated rings. The second-order valence-electron chi connectivity index (χ2n) is 13.7. The molecule has 248 valence electrons. The molecule has 2 aromatic heterocycles. The van der Waals surface area contributed by atoms with Gasteiger partial charge in [-0.05, 0) is 104 Å². The van der Waals surface area contributed by atoms with Crippen LogP contribution < -0.4 is 4.90 Å². The zero-order valence-corrected chi connectivity index (χ0v) is 29.5. The highest BCUT2D eigenvalue weighted by atomic mass is 32.1. The van der Waals surface area contributed by atoms with Crippen LogP contribution in [0.5, 0.6) is 0 Å². The van der Waals surface area contributed by atoms with Gasteiger partial charge in [-0.15, -0.1) is 11.3 Å². The van der Waals surface area contributed by atoms with Gasteiger partial charge in [0.1, 0.15) is 11.2 Å². The summed E-state index contributed by atoms with van der Waals surface area (Å²) in [6, 6.07) is 68.0. The van der Waals surface area contributed by atoms with Crippen LogP contribution in [0.3, 0.4) is 0 Å². The van der Waals surface area contributed by atoms with E-state index in [4.69, 9.17) is 4.42 Å². The van der Waals surface area contributed by atoms with Gasteiger partial charge >= 0.3 is 0 Å². The summed E-state index contributed by atoms with van der Waals surface area (Å²) in [5, 5.41) is 9.95. The van der Waals surface area contributed by atoms with Crippen molar-refractivity contribution in [2.24, 2.45) is 0 Å². The number of thiophene rings is 1. The minimum atomic E-state index is 0.876. The molecule has 11 rings (SSSR count). The van der Waals surface area contributed by atoms with E-state index in [-0.39, 0.29) is 0 Å². The number of hydrogen-bond acceptors (Lipinski definition) is 3. The lowest BCUT2D eigenvalue weighted by molar-refractivity contribution is 0.669. The Kier molecular flexibility index (Phi) is 6.76. The molecule has 3 heteroatoms. The van der Waals surface area contributed by atoms with E-state index in [1.807, 2.05) is 23.5 Å². The third-order valence-corrected chi connectivity index (χ3v) is 11.8. The molecular weight excluding hydrogens is 663 g/mol. The van der Waals surface area contributed by atoms with Crippen molar-refractivity contribution in [3.8, 4) is 22.3 Å². The van der Waals surface area contributed by atoms with Crippen LogP contribution in [0.25, 0.3) is 85.9 Å². The fourth-order valence-corrected chi connectivity index (χ4v) is 9.28. The molecule has 0 atom stereocenters. The molecule has 0 radical (unpaired) electrons. The quantitative estimate of drug-likeness (QED) is 0.178. The first-order chi connectivity index (χ1) is 26.3. The molecule has 2 nitrogen and oxygen atoms in total. The second kappa shape index (κ2) is 11.9. The SMILES string of the molecule is c1ccc2c(-c3ccc(N(c4ccc(-c5ccc6ccc7sc8ccccc8c7c6c5)cc4)c4cccc5oc6ccccc6c45)cc3)cccc2c1. The second-order valence-corrected chi connectivity index (χ2v) is 14.8. The summed E-state index contributed by atoms with van der Waals surface area (Å²) in [7, 11) is 0. The molecule has 0 aliphatic carbocycles. The van der Waals surface area contributed by atoms with Gasteiger partial charge in [0.2, 0.25) is 0 Å². The van der Waals surface area contributed by atoms with Crippen LogP contribution in [0.2, 0.25) is 0 Å². The van der Waals surface area contributed by atoms with Crippen LogP contribution in [0, 0.1) is 0 Å². The summed E-state index contributed by atoms with van der Waals surface area (Å²) in [6.07, 6.45) is 0. The highest BCUT2D eigenvalue weighted by Crippen LogP contribution is 2.44. The Hall–Kier alpha value is -6.68. The molecule has 0 aliphatic rings. The molecule has 9 aromatic carbocycles. The third kappa shape index (κ3) is 4.86. The maximum atomic E-state index is 6.37. The first kappa shape index (κ1) is 30.0. The lowest BCUT2D eigenvalue weighted by atomic mass is 9.97. The summed E-state index contributed by atoms with van der Waals surface area (Å²) >= 11 is 1.87. The molecular formula is C50H31NOS. The van der Waals surface area contributed by atoms with Crippen LogP contribution >= 0.6 is 11.3 Å². The van der Waals surface area contributed by atoms with E-state index in [1.54, 1.807) is 0 Å². The van der Waals surface area contributed by atoms with Crippen molar-refractivity contribution in [2.75, 3.05) is 4.90 Å². The van der Waals surface area contributed by atoms with Crippen molar-refractivity contribution in [3.05, 3.63) is 188 Å². The lowest BCUT2D eigenvalue weighted by Crippen LogP contribution is -2.10. The monoisotopic (exact) mass is 693 g/mol. The number of nitrogens with zero attached hydrogens (tertiary/aromatic N) is 1. The van der Waals surface area contributed by atoms with Gasteiger partial charge in [-0.1, -0.05) is 127 Å². The van der Waals surface area contributed by atoms with Crippen molar-refractivity contribution in [1.29, 1.82) is 0 Å². The average molecular weight is 694 g/mol. The molecule has 0 saturated carbocycles. The molecule has 0 aliphatic heterocycles. The van der Waals surface area contributed by atoms with Gasteiger partial charge in [0, 0.05) is 36.9 Å². The number of anilines is 3. The first-order valence-electron chi connectivity index (χ1n) is 18.0. The zero-order valence-electron chi connectivity index (χ0n) is 28.7. The first-order valence-corrected chi connectivity index (χ1v) is 18.8. The number of para-hydroxylation sites is 1. The van der Waals surface area contributed by atoms with Crippen LogP contribution in [-0.4, -0.2) is 0 Å². The van der Waals surface area contributed by atoms with E-state index in [9.17, 15) is 0 Å². The zero-order chi connectivity index (χ0) is 34.9. The Bertz CT molecular complexity index is 3160. The molecule has 0 amide bonds. The fourth-order valence-electron chi connectivity index (χ4n) is 8.16. The van der Waals surface area contributed by atoms with Crippen LogP contribution in [-0.2, 0) is 0 Å². The van der Waals surface area contributed by atoms with E-state index < -0.39 is 0 Å². The number of rotatable bonds is 5. The maximum absolute atomic E-state index is 6.37.